The van der Waals surface area contributed by atoms with E-state index in [-0.39, 0.29) is 25.3 Å². The summed E-state index contributed by atoms with van der Waals surface area (Å²) in [5.41, 5.74) is 22.1. The van der Waals surface area contributed by atoms with Crippen molar-refractivity contribution in [2.75, 3.05) is 13.1 Å². The second-order valence-corrected chi connectivity index (χ2v) is 10.5. The number of nitrogens with zero attached hydrogens (tertiary/aromatic N) is 1. The van der Waals surface area contributed by atoms with Crippen molar-refractivity contribution in [2.45, 2.75) is 49.7 Å². The number of nitrogens with one attached hydrogen (secondary N) is 3. The lowest BCUT2D eigenvalue weighted by atomic mass is 9.81. The molecule has 3 aromatic rings. The third kappa shape index (κ3) is 9.63. The minimum atomic E-state index is -1.72. The molecule has 238 valence electrons. The minimum Gasteiger partial charge on any atom is -0.370 e. The first-order chi connectivity index (χ1) is 21.7. The molecule has 11 N–H and O–H groups in total. The molecule has 45 heavy (non-hydrogen) atoms. The molecule has 4 amide bonds. The summed E-state index contributed by atoms with van der Waals surface area (Å²) in [5.74, 6) is -2.55. The Balaban J connectivity index is 1.92. The van der Waals surface area contributed by atoms with Crippen molar-refractivity contribution < 1.29 is 19.2 Å². The third-order valence-corrected chi connectivity index (χ3v) is 7.28. The lowest BCUT2D eigenvalue weighted by molar-refractivity contribution is -0.134. The van der Waals surface area contributed by atoms with Crippen LogP contribution in [0, 0.1) is 0 Å². The van der Waals surface area contributed by atoms with Gasteiger partial charge in [-0.15, -0.1) is 0 Å². The zero-order chi connectivity index (χ0) is 32.7. The van der Waals surface area contributed by atoms with Crippen molar-refractivity contribution in [3.8, 4) is 0 Å². The topological polar surface area (TPSA) is 221 Å². The van der Waals surface area contributed by atoms with Crippen LogP contribution in [0.25, 0.3) is 0 Å². The summed E-state index contributed by atoms with van der Waals surface area (Å²) >= 11 is 0. The maximum Gasteiger partial charge on any atom is 0.252 e. The second-order valence-electron chi connectivity index (χ2n) is 10.5. The molecule has 0 spiro atoms. The summed E-state index contributed by atoms with van der Waals surface area (Å²) in [7, 11) is 0. The average molecular weight is 615 g/mol. The maximum atomic E-state index is 14.0. The Bertz CT molecular complexity index is 1390. The summed E-state index contributed by atoms with van der Waals surface area (Å²) in [6, 6.07) is 23.7. The number of amides is 4. The second kappa shape index (κ2) is 17.2. The van der Waals surface area contributed by atoms with Gasteiger partial charge in [0.25, 0.3) is 11.8 Å². The van der Waals surface area contributed by atoms with E-state index in [0.717, 1.165) is 0 Å². The van der Waals surface area contributed by atoms with Crippen LogP contribution in [0.5, 0.6) is 0 Å². The number of primary amides is 1. The van der Waals surface area contributed by atoms with E-state index in [1.165, 1.54) is 0 Å². The lowest BCUT2D eigenvalue weighted by Crippen LogP contribution is -2.61. The molecule has 0 aromatic heterocycles. The molecule has 0 aliphatic rings. The summed E-state index contributed by atoms with van der Waals surface area (Å²) in [5, 5.41) is 8.44. The standard InChI is InChI=1S/C33H42N8O4/c34-21-11-10-19-27(30(44)41-33(31(35)45,24-15-6-2-7-16-24)25-17-8-3-9-18-25)40-29(43)26(20-12-22-38-32(36)37)39-28(42)23-13-4-1-5-14-23/h1-9,13-18,26-27H,10-12,19-22,34H2,(H2,35,45)(H,39,42)(H,40,43)(H,41,44)(H4,36,37,38)/t26-,27-/m0/s1. The van der Waals surface area contributed by atoms with Gasteiger partial charge in [-0.05, 0) is 61.9 Å². The van der Waals surface area contributed by atoms with E-state index in [0.29, 0.717) is 42.5 Å². The van der Waals surface area contributed by atoms with E-state index in [2.05, 4.69) is 20.9 Å². The van der Waals surface area contributed by atoms with Crippen LogP contribution in [0.2, 0.25) is 0 Å². The van der Waals surface area contributed by atoms with Crippen LogP contribution in [0.1, 0.15) is 53.6 Å². The Hall–Kier alpha value is -5.23. The molecule has 0 heterocycles. The summed E-state index contributed by atoms with van der Waals surface area (Å²) < 4.78 is 0. The van der Waals surface area contributed by atoms with Crippen LogP contribution in [-0.2, 0) is 19.9 Å². The van der Waals surface area contributed by atoms with Crippen molar-refractivity contribution in [2.24, 2.45) is 27.9 Å². The number of carbonyl (C=O) groups excluding carboxylic acids is 4. The van der Waals surface area contributed by atoms with Gasteiger partial charge in [0.2, 0.25) is 11.8 Å². The first kappa shape index (κ1) is 34.3. The minimum absolute atomic E-state index is 0.0873. The smallest absolute Gasteiger partial charge is 0.252 e. The van der Waals surface area contributed by atoms with Gasteiger partial charge in [-0.25, -0.2) is 0 Å². The van der Waals surface area contributed by atoms with Crippen LogP contribution in [0.3, 0.4) is 0 Å². The molecule has 0 unspecified atom stereocenters. The molecular formula is C33H42N8O4. The van der Waals surface area contributed by atoms with Gasteiger partial charge >= 0.3 is 0 Å². The van der Waals surface area contributed by atoms with Crippen LogP contribution >= 0.6 is 0 Å². The van der Waals surface area contributed by atoms with E-state index in [1.807, 2.05) is 0 Å². The quantitative estimate of drug-likeness (QED) is 0.0663. The lowest BCUT2D eigenvalue weighted by Gasteiger charge is -2.34. The van der Waals surface area contributed by atoms with Gasteiger partial charge in [0.05, 0.1) is 0 Å². The first-order valence-corrected chi connectivity index (χ1v) is 14.8. The fourth-order valence-corrected chi connectivity index (χ4v) is 4.94. The predicted molar refractivity (Wildman–Crippen MR) is 173 cm³/mol. The molecule has 2 atom stereocenters. The molecular weight excluding hydrogens is 572 g/mol. The monoisotopic (exact) mass is 614 g/mol. The number of hydrogen-bond donors (Lipinski definition) is 7. The molecule has 0 fully saturated rings. The van der Waals surface area contributed by atoms with Gasteiger partial charge < -0.3 is 38.9 Å². The number of carbonyl (C=O) groups is 4. The van der Waals surface area contributed by atoms with Crippen LogP contribution in [0.15, 0.2) is 96.0 Å². The van der Waals surface area contributed by atoms with Crippen LogP contribution < -0.4 is 38.9 Å². The Morgan fingerprint density at radius 1 is 0.667 bits per heavy atom. The Morgan fingerprint density at radius 3 is 1.69 bits per heavy atom. The number of aliphatic imine (C=N–C) groups is 1. The third-order valence-electron chi connectivity index (χ3n) is 7.28. The van der Waals surface area contributed by atoms with Crippen molar-refractivity contribution in [1.82, 2.24) is 16.0 Å². The fourth-order valence-electron chi connectivity index (χ4n) is 4.94. The highest BCUT2D eigenvalue weighted by molar-refractivity contribution is 6.00. The molecule has 0 aliphatic heterocycles. The van der Waals surface area contributed by atoms with Crippen molar-refractivity contribution in [3.05, 3.63) is 108 Å². The maximum absolute atomic E-state index is 14.0. The Morgan fingerprint density at radius 2 is 1.18 bits per heavy atom. The summed E-state index contributed by atoms with van der Waals surface area (Å²) in [6.07, 6.45) is 1.91. The summed E-state index contributed by atoms with van der Waals surface area (Å²) in [6.45, 7) is 0.630. The number of guanidine groups is 1. The van der Waals surface area contributed by atoms with Gasteiger partial charge in [0, 0.05) is 12.1 Å². The van der Waals surface area contributed by atoms with Gasteiger partial charge in [0.1, 0.15) is 12.1 Å². The van der Waals surface area contributed by atoms with Crippen molar-refractivity contribution >= 4 is 29.6 Å². The number of unbranched alkanes of at least 4 members (excludes halogenated alkanes) is 1. The van der Waals surface area contributed by atoms with E-state index in [4.69, 9.17) is 22.9 Å². The summed E-state index contributed by atoms with van der Waals surface area (Å²) in [4.78, 5) is 58.0. The average Bonchev–Trinajstić information content (AvgIpc) is 3.05. The van der Waals surface area contributed by atoms with Gasteiger partial charge in [-0.1, -0.05) is 78.9 Å². The highest BCUT2D eigenvalue weighted by Crippen LogP contribution is 2.30. The molecule has 0 radical (unpaired) electrons. The molecule has 0 bridgehead atoms. The van der Waals surface area contributed by atoms with Crippen molar-refractivity contribution in [1.29, 1.82) is 0 Å². The highest BCUT2D eigenvalue weighted by Gasteiger charge is 2.43. The van der Waals surface area contributed by atoms with E-state index in [1.54, 1.807) is 91.0 Å². The molecule has 3 rings (SSSR count). The molecule has 0 saturated heterocycles. The molecule has 0 aliphatic carbocycles. The van der Waals surface area contributed by atoms with E-state index >= 15 is 0 Å². The van der Waals surface area contributed by atoms with Crippen LogP contribution in [0.4, 0.5) is 0 Å². The number of rotatable bonds is 17. The molecule has 0 saturated carbocycles. The molecule has 3 aromatic carbocycles. The SMILES string of the molecule is NCCCC[C@H](NC(=O)[C@H](CCCN=C(N)N)NC(=O)c1ccccc1)C(=O)NC(C(N)=O)(c1ccccc1)c1ccccc1. The Kier molecular flexibility index (Phi) is 13.1. The first-order valence-electron chi connectivity index (χ1n) is 14.8. The van der Waals surface area contributed by atoms with Crippen LogP contribution in [-0.4, -0.2) is 54.8 Å². The largest absolute Gasteiger partial charge is 0.370 e. The van der Waals surface area contributed by atoms with Gasteiger partial charge in [-0.2, -0.15) is 0 Å². The van der Waals surface area contributed by atoms with Gasteiger partial charge in [0.15, 0.2) is 11.5 Å². The number of nitrogens with two attached hydrogens (primary N) is 4. The number of benzene rings is 3. The molecule has 12 nitrogen and oxygen atoms in total. The van der Waals surface area contributed by atoms with E-state index in [9.17, 15) is 19.2 Å². The highest BCUT2D eigenvalue weighted by atomic mass is 16.2. The van der Waals surface area contributed by atoms with Crippen molar-refractivity contribution in [3.63, 3.8) is 0 Å². The zero-order valence-electron chi connectivity index (χ0n) is 25.2. The zero-order valence-corrected chi connectivity index (χ0v) is 25.2. The normalized spacial score (nSPS) is 12.3. The fraction of sp³-hybridized carbons (Fsp3) is 0.303. The molecule has 12 heteroatoms. The van der Waals surface area contributed by atoms with Gasteiger partial charge in [-0.3, -0.25) is 24.2 Å². The number of hydrogen-bond acceptors (Lipinski definition) is 6. The Labute approximate surface area is 263 Å². The van der Waals surface area contributed by atoms with E-state index < -0.39 is 41.3 Å². The predicted octanol–water partition coefficient (Wildman–Crippen LogP) is 0.998.